The molecule has 3 aliphatic rings. The lowest BCUT2D eigenvalue weighted by Gasteiger charge is -2.44. The van der Waals surface area contributed by atoms with E-state index in [1.165, 1.54) is 29.2 Å². The van der Waals surface area contributed by atoms with Gasteiger partial charge in [-0.2, -0.15) is 0 Å². The van der Waals surface area contributed by atoms with Crippen molar-refractivity contribution in [1.82, 2.24) is 0 Å². The molecule has 0 spiro atoms. The monoisotopic (exact) mass is 888 g/mol. The molecule has 350 valence electrons. The lowest BCUT2D eigenvalue weighted by Crippen LogP contribution is -2.62. The molecule has 0 saturated heterocycles. The third-order valence-corrected chi connectivity index (χ3v) is 15.6. The van der Waals surface area contributed by atoms with Gasteiger partial charge in [-0.3, -0.25) is 0 Å². The maximum absolute atomic E-state index is 9.44. The Morgan fingerprint density at radius 1 is 0.909 bits per heavy atom. The highest BCUT2D eigenvalue weighted by Gasteiger charge is 2.52. The lowest BCUT2D eigenvalue weighted by atomic mass is 9.35. The summed E-state index contributed by atoms with van der Waals surface area (Å²) in [6.07, 6.45) is 16.7. The average molecular weight is 888 g/mol. The van der Waals surface area contributed by atoms with Crippen molar-refractivity contribution in [3.63, 3.8) is 0 Å². The number of furan rings is 1. The molecule has 0 amide bonds. The zero-order chi connectivity index (χ0) is 52.2. The van der Waals surface area contributed by atoms with Gasteiger partial charge in [0.05, 0.1) is 16.8 Å². The molecular weight excluding hydrogens is 800 g/mol. The van der Waals surface area contributed by atoms with Crippen molar-refractivity contribution in [2.75, 3.05) is 16.3 Å². The third kappa shape index (κ3) is 9.29. The Bertz CT molecular complexity index is 2780. The molecule has 4 aromatic rings. The quantitative estimate of drug-likeness (QED) is 0.0778. The molecular formula is C62H83BN2O. The van der Waals surface area contributed by atoms with Gasteiger partial charge in [0.2, 0.25) is 0 Å². The standard InChI is InChI=1S/C62H83BN2O/c1-17-43(10)45(12)50(41(7)8)36-48(47-27-22-21-23-28-47)39-64-53-30-25-31-54-57(53)63(52-38-51(44(11)18-2)46(19-3)37-55(52)64)60-58(56-59(66-60)62(15,16)35-34-61(56,13)14)65(54)49(20-4)29-24-26-42(9)33-32-40(5)6/h20-31,36-38,40-44H,4,17-19,32-35,39H2,1-3,5-16H3/b26-24+,48-36+,49-29+,50-45-/i19D,22D,23D,27D,28D. The van der Waals surface area contributed by atoms with Crippen LogP contribution in [0.15, 0.2) is 119 Å². The van der Waals surface area contributed by atoms with E-state index < -0.39 is 6.40 Å². The third-order valence-electron chi connectivity index (χ3n) is 15.6. The molecule has 0 saturated carbocycles. The molecule has 0 radical (unpaired) electrons. The highest BCUT2D eigenvalue weighted by atomic mass is 16.3. The van der Waals surface area contributed by atoms with Gasteiger partial charge in [0, 0.05) is 41.7 Å². The molecule has 7 rings (SSSR count). The first kappa shape index (κ1) is 42.6. The predicted molar refractivity (Wildman–Crippen MR) is 291 cm³/mol. The molecule has 3 aromatic carbocycles. The van der Waals surface area contributed by atoms with Crippen LogP contribution in [0.4, 0.5) is 22.7 Å². The predicted octanol–water partition coefficient (Wildman–Crippen LogP) is 15.9. The van der Waals surface area contributed by atoms with Gasteiger partial charge < -0.3 is 14.2 Å². The topological polar surface area (TPSA) is 19.6 Å². The molecule has 4 atom stereocenters. The first-order chi connectivity index (χ1) is 33.4. The van der Waals surface area contributed by atoms with E-state index in [9.17, 15) is 4.11 Å². The molecule has 2 aliphatic heterocycles. The fraction of sp³-hybridized carbons (Fsp3) is 0.484. The van der Waals surface area contributed by atoms with Crippen molar-refractivity contribution < 1.29 is 11.3 Å². The number of allylic oxidation sites excluding steroid dienone is 7. The summed E-state index contributed by atoms with van der Waals surface area (Å²) >= 11 is 0. The number of hydrogen-bond donors (Lipinski definition) is 0. The molecule has 1 aliphatic carbocycles. The van der Waals surface area contributed by atoms with Crippen molar-refractivity contribution in [2.24, 2.45) is 23.7 Å². The molecule has 4 unspecified atom stereocenters. The molecule has 3 nitrogen and oxygen atoms in total. The SMILES string of the molecule is [2H]c1cc([2H])c([2H])c(/C(=C/C(=C(\C)C(C)CC)C(C)C)CN2c3cc(C([2H])C)c(C(C)CC)cc3B3c4oc5c(c4N(/C(C=C)=C/C=C/C(C)CCC(C)C)c4cccc2c43)C(C)(C)CCC5(C)C)c1[2H]. The number of rotatable bonds is 17. The number of anilines is 4. The summed E-state index contributed by atoms with van der Waals surface area (Å²) in [4.78, 5) is 4.78. The lowest BCUT2D eigenvalue weighted by molar-refractivity contribution is 0.282. The fourth-order valence-corrected chi connectivity index (χ4v) is 10.8. The second-order valence-electron chi connectivity index (χ2n) is 21.9. The Kier molecular flexibility index (Phi) is 12.8. The molecule has 3 heterocycles. The molecule has 1 aromatic heterocycles. The van der Waals surface area contributed by atoms with Gasteiger partial charge in [-0.05, 0) is 150 Å². The van der Waals surface area contributed by atoms with Gasteiger partial charge in [-0.25, -0.2) is 0 Å². The van der Waals surface area contributed by atoms with E-state index in [4.69, 9.17) is 7.16 Å². The zero-order valence-electron chi connectivity index (χ0n) is 48.4. The van der Waals surface area contributed by atoms with E-state index in [1.54, 1.807) is 0 Å². The van der Waals surface area contributed by atoms with Crippen molar-refractivity contribution in [3.8, 4) is 0 Å². The molecule has 4 heteroatoms. The summed E-state index contributed by atoms with van der Waals surface area (Å²) < 4.78 is 53.7. The Labute approximate surface area is 409 Å². The van der Waals surface area contributed by atoms with E-state index in [1.807, 2.05) is 13.0 Å². The van der Waals surface area contributed by atoms with Crippen molar-refractivity contribution >= 4 is 51.6 Å². The Morgan fingerprint density at radius 2 is 1.61 bits per heavy atom. The van der Waals surface area contributed by atoms with Gasteiger partial charge in [-0.1, -0.05) is 176 Å². The summed E-state index contributed by atoms with van der Waals surface area (Å²) in [5.41, 5.74) is 14.7. The summed E-state index contributed by atoms with van der Waals surface area (Å²) in [5, 5.41) is 0. The van der Waals surface area contributed by atoms with Crippen LogP contribution < -0.4 is 26.4 Å². The number of nitrogens with zero attached hydrogens (tertiary/aromatic N) is 2. The van der Waals surface area contributed by atoms with Gasteiger partial charge >= 0.3 is 0 Å². The number of fused-ring (bicyclic) bond motifs is 6. The smallest absolute Gasteiger partial charge is 0.297 e. The van der Waals surface area contributed by atoms with Gasteiger partial charge in [0.1, 0.15) is 5.76 Å². The van der Waals surface area contributed by atoms with Crippen molar-refractivity contribution in [2.45, 2.75) is 166 Å². The van der Waals surface area contributed by atoms with Crippen LogP contribution in [0.2, 0.25) is 0 Å². The summed E-state index contributed by atoms with van der Waals surface area (Å²) in [5.74, 6) is 2.76. The van der Waals surface area contributed by atoms with E-state index in [2.05, 4.69) is 168 Å². The Morgan fingerprint density at radius 3 is 2.24 bits per heavy atom. The maximum atomic E-state index is 9.44. The highest BCUT2D eigenvalue weighted by Crippen LogP contribution is 2.53. The number of aryl methyl sites for hydroxylation is 1. The first-order valence-electron chi connectivity index (χ1n) is 28.0. The van der Waals surface area contributed by atoms with Crippen LogP contribution in [0.3, 0.4) is 0 Å². The largest absolute Gasteiger partial charge is 0.472 e. The highest BCUT2D eigenvalue weighted by molar-refractivity contribution is 6.99. The zero-order valence-corrected chi connectivity index (χ0v) is 43.4. The van der Waals surface area contributed by atoms with Crippen LogP contribution in [-0.4, -0.2) is 13.3 Å². The second-order valence-corrected chi connectivity index (χ2v) is 21.9. The number of hydrogen-bond acceptors (Lipinski definition) is 3. The summed E-state index contributed by atoms with van der Waals surface area (Å²) in [6, 6.07) is 12.4. The van der Waals surface area contributed by atoms with Crippen LogP contribution in [0.1, 0.15) is 183 Å². The second kappa shape index (κ2) is 19.9. The molecule has 0 bridgehead atoms. The van der Waals surface area contributed by atoms with Crippen LogP contribution in [0.25, 0.3) is 5.57 Å². The van der Waals surface area contributed by atoms with E-state index in [0.29, 0.717) is 23.3 Å². The van der Waals surface area contributed by atoms with Crippen LogP contribution >= 0.6 is 0 Å². The van der Waals surface area contributed by atoms with Crippen LogP contribution in [-0.2, 0) is 17.2 Å². The Balaban J connectivity index is 1.62. The van der Waals surface area contributed by atoms with Gasteiger partial charge in [0.15, 0.2) is 0 Å². The van der Waals surface area contributed by atoms with Gasteiger partial charge in [-0.15, -0.1) is 0 Å². The minimum atomic E-state index is -0.496. The normalized spacial score (nSPS) is 19.8. The molecule has 0 fully saturated rings. The number of benzene rings is 3. The molecule has 66 heavy (non-hydrogen) atoms. The van der Waals surface area contributed by atoms with E-state index in [0.717, 1.165) is 99.6 Å². The minimum Gasteiger partial charge on any atom is -0.472 e. The Hall–Kier alpha value is -4.70. The maximum Gasteiger partial charge on any atom is 0.297 e. The summed E-state index contributed by atoms with van der Waals surface area (Å²) in [6.45, 7) is 38.3. The van der Waals surface area contributed by atoms with Crippen molar-refractivity contribution in [3.05, 3.63) is 142 Å². The minimum absolute atomic E-state index is 0.0473. The van der Waals surface area contributed by atoms with Crippen LogP contribution in [0.5, 0.6) is 0 Å². The first-order valence-corrected chi connectivity index (χ1v) is 25.4. The summed E-state index contributed by atoms with van der Waals surface area (Å²) in [7, 11) is 0. The van der Waals surface area contributed by atoms with Gasteiger partial charge in [0.25, 0.3) is 6.71 Å². The average Bonchev–Trinajstić information content (AvgIpc) is 3.75. The molecule has 0 N–H and O–H groups in total. The van der Waals surface area contributed by atoms with E-state index in [-0.39, 0.29) is 60.1 Å². The van der Waals surface area contributed by atoms with Crippen LogP contribution in [0, 0.1) is 23.7 Å². The van der Waals surface area contributed by atoms with Crippen molar-refractivity contribution in [1.29, 1.82) is 0 Å². The van der Waals surface area contributed by atoms with E-state index >= 15 is 0 Å². The fourth-order valence-electron chi connectivity index (χ4n) is 10.8.